The molecule has 2 nitrogen and oxygen atoms in total. The predicted octanol–water partition coefficient (Wildman–Crippen LogP) is 2.74. The topological polar surface area (TPSA) is 21.3 Å². The molecule has 1 aromatic carbocycles. The molecule has 0 unspecified atom stereocenters. The van der Waals surface area contributed by atoms with Crippen LogP contribution in [0.25, 0.3) is 0 Å². The van der Waals surface area contributed by atoms with Crippen LogP contribution in [0, 0.1) is 5.82 Å². The van der Waals surface area contributed by atoms with E-state index in [0.29, 0.717) is 18.4 Å². The van der Waals surface area contributed by atoms with Gasteiger partial charge in [-0.3, -0.25) is 0 Å². The van der Waals surface area contributed by atoms with E-state index in [0.717, 1.165) is 13.0 Å². The zero-order valence-electron chi connectivity index (χ0n) is 9.42. The fraction of sp³-hybridized carbons (Fsp3) is 0.538. The fourth-order valence-electron chi connectivity index (χ4n) is 1.73. The summed E-state index contributed by atoms with van der Waals surface area (Å²) in [6.45, 7) is 1.53. The largest absolute Gasteiger partial charge is 0.490 e. The van der Waals surface area contributed by atoms with Crippen molar-refractivity contribution in [2.24, 2.45) is 0 Å². The standard InChI is InChI=1S/C13H18FNO/c14-12-7-1-2-8-13(12)16-10-4-9-15-11-5-3-6-11/h1-2,7-8,11,15H,3-6,9-10H2. The highest BCUT2D eigenvalue weighted by atomic mass is 19.1. The van der Waals surface area contributed by atoms with Crippen LogP contribution in [0.3, 0.4) is 0 Å². The highest BCUT2D eigenvalue weighted by molar-refractivity contribution is 5.23. The van der Waals surface area contributed by atoms with Crippen molar-refractivity contribution in [3.63, 3.8) is 0 Å². The summed E-state index contributed by atoms with van der Waals surface area (Å²) in [4.78, 5) is 0. The first-order valence-electron chi connectivity index (χ1n) is 5.97. The molecule has 0 atom stereocenters. The van der Waals surface area contributed by atoms with Crippen molar-refractivity contribution in [1.29, 1.82) is 0 Å². The molecule has 3 heteroatoms. The summed E-state index contributed by atoms with van der Waals surface area (Å²) in [5, 5.41) is 3.45. The van der Waals surface area contributed by atoms with Crippen LogP contribution in [-0.2, 0) is 0 Å². The SMILES string of the molecule is Fc1ccccc1OCCCNC1CCC1. The lowest BCUT2D eigenvalue weighted by atomic mass is 9.93. The first-order valence-corrected chi connectivity index (χ1v) is 5.97. The van der Waals surface area contributed by atoms with E-state index in [1.54, 1.807) is 18.2 Å². The van der Waals surface area contributed by atoms with E-state index in [-0.39, 0.29) is 5.82 Å². The molecule has 0 amide bonds. The Bertz CT molecular complexity index is 325. The van der Waals surface area contributed by atoms with E-state index >= 15 is 0 Å². The molecule has 88 valence electrons. The Morgan fingerprint density at radius 3 is 2.81 bits per heavy atom. The second-order valence-corrected chi connectivity index (χ2v) is 4.21. The van der Waals surface area contributed by atoms with Crippen LogP contribution in [-0.4, -0.2) is 19.2 Å². The molecular weight excluding hydrogens is 205 g/mol. The fourth-order valence-corrected chi connectivity index (χ4v) is 1.73. The maximum atomic E-state index is 13.2. The van der Waals surface area contributed by atoms with Crippen LogP contribution in [0.2, 0.25) is 0 Å². The van der Waals surface area contributed by atoms with Gasteiger partial charge in [-0.15, -0.1) is 0 Å². The zero-order valence-corrected chi connectivity index (χ0v) is 9.42. The molecule has 0 aromatic heterocycles. The van der Waals surface area contributed by atoms with E-state index in [2.05, 4.69) is 5.32 Å². The van der Waals surface area contributed by atoms with E-state index in [9.17, 15) is 4.39 Å². The molecule has 1 aromatic rings. The van der Waals surface area contributed by atoms with E-state index in [1.807, 2.05) is 0 Å². The van der Waals surface area contributed by atoms with Gasteiger partial charge in [0.05, 0.1) is 6.61 Å². The summed E-state index contributed by atoms with van der Waals surface area (Å²) in [5.41, 5.74) is 0. The molecule has 0 radical (unpaired) electrons. The van der Waals surface area contributed by atoms with Crippen LogP contribution in [0.4, 0.5) is 4.39 Å². The van der Waals surface area contributed by atoms with Gasteiger partial charge in [0.1, 0.15) is 0 Å². The molecular formula is C13H18FNO. The number of rotatable bonds is 6. The van der Waals surface area contributed by atoms with Gasteiger partial charge >= 0.3 is 0 Å². The molecule has 0 heterocycles. The van der Waals surface area contributed by atoms with Crippen LogP contribution in [0.1, 0.15) is 25.7 Å². The Kier molecular flexibility index (Phi) is 4.17. The van der Waals surface area contributed by atoms with Gasteiger partial charge in [0.25, 0.3) is 0 Å². The van der Waals surface area contributed by atoms with Crippen molar-refractivity contribution in [2.75, 3.05) is 13.2 Å². The first kappa shape index (κ1) is 11.4. The van der Waals surface area contributed by atoms with Gasteiger partial charge in [0.15, 0.2) is 11.6 Å². The molecule has 2 rings (SSSR count). The molecule has 0 bridgehead atoms. The van der Waals surface area contributed by atoms with Gasteiger partial charge in [-0.1, -0.05) is 18.6 Å². The number of nitrogens with one attached hydrogen (secondary N) is 1. The Morgan fingerprint density at radius 1 is 1.31 bits per heavy atom. The third-order valence-electron chi connectivity index (χ3n) is 2.95. The highest BCUT2D eigenvalue weighted by Gasteiger charge is 2.15. The molecule has 0 spiro atoms. The third kappa shape index (κ3) is 3.20. The lowest BCUT2D eigenvalue weighted by molar-refractivity contribution is 0.278. The monoisotopic (exact) mass is 223 g/mol. The lowest BCUT2D eigenvalue weighted by Gasteiger charge is -2.26. The van der Waals surface area contributed by atoms with Crippen molar-refractivity contribution in [2.45, 2.75) is 31.7 Å². The summed E-state index contributed by atoms with van der Waals surface area (Å²) in [6.07, 6.45) is 4.87. The third-order valence-corrected chi connectivity index (χ3v) is 2.95. The van der Waals surface area contributed by atoms with Crippen LogP contribution >= 0.6 is 0 Å². The van der Waals surface area contributed by atoms with Gasteiger partial charge < -0.3 is 10.1 Å². The van der Waals surface area contributed by atoms with Crippen molar-refractivity contribution in [1.82, 2.24) is 5.32 Å². The van der Waals surface area contributed by atoms with Gasteiger partial charge in [-0.25, -0.2) is 4.39 Å². The molecule has 16 heavy (non-hydrogen) atoms. The summed E-state index contributed by atoms with van der Waals surface area (Å²) in [7, 11) is 0. The summed E-state index contributed by atoms with van der Waals surface area (Å²) < 4.78 is 18.5. The van der Waals surface area contributed by atoms with Gasteiger partial charge in [-0.05, 0) is 37.9 Å². The first-order chi connectivity index (χ1) is 7.86. The number of ether oxygens (including phenoxy) is 1. The second kappa shape index (κ2) is 5.85. The smallest absolute Gasteiger partial charge is 0.165 e. The molecule has 1 aliphatic carbocycles. The summed E-state index contributed by atoms with van der Waals surface area (Å²) in [6, 6.07) is 7.25. The average Bonchev–Trinajstić information content (AvgIpc) is 2.23. The van der Waals surface area contributed by atoms with Gasteiger partial charge in [-0.2, -0.15) is 0 Å². The Hall–Kier alpha value is -1.09. The lowest BCUT2D eigenvalue weighted by Crippen LogP contribution is -2.36. The normalized spacial score (nSPS) is 15.8. The van der Waals surface area contributed by atoms with Crippen LogP contribution < -0.4 is 10.1 Å². The Morgan fingerprint density at radius 2 is 2.12 bits per heavy atom. The number of hydrogen-bond donors (Lipinski definition) is 1. The van der Waals surface area contributed by atoms with E-state index in [1.165, 1.54) is 25.3 Å². The quantitative estimate of drug-likeness (QED) is 0.749. The van der Waals surface area contributed by atoms with Crippen LogP contribution in [0.15, 0.2) is 24.3 Å². The maximum Gasteiger partial charge on any atom is 0.165 e. The summed E-state index contributed by atoms with van der Waals surface area (Å²) in [5.74, 6) is 0.0700. The number of halogens is 1. The molecule has 1 saturated carbocycles. The van der Waals surface area contributed by atoms with E-state index in [4.69, 9.17) is 4.74 Å². The van der Waals surface area contributed by atoms with Crippen molar-refractivity contribution in [3.05, 3.63) is 30.1 Å². The number of para-hydroxylation sites is 1. The zero-order chi connectivity index (χ0) is 11.2. The molecule has 0 saturated heterocycles. The molecule has 1 aliphatic rings. The minimum atomic E-state index is -0.283. The van der Waals surface area contributed by atoms with Gasteiger partial charge in [0, 0.05) is 6.04 Å². The maximum absolute atomic E-state index is 13.2. The number of benzene rings is 1. The predicted molar refractivity (Wildman–Crippen MR) is 62.2 cm³/mol. The number of hydrogen-bond acceptors (Lipinski definition) is 2. The van der Waals surface area contributed by atoms with Crippen molar-refractivity contribution < 1.29 is 9.13 Å². The molecule has 0 aliphatic heterocycles. The second-order valence-electron chi connectivity index (χ2n) is 4.21. The van der Waals surface area contributed by atoms with E-state index < -0.39 is 0 Å². The van der Waals surface area contributed by atoms with Crippen molar-refractivity contribution in [3.8, 4) is 5.75 Å². The minimum Gasteiger partial charge on any atom is -0.490 e. The highest BCUT2D eigenvalue weighted by Crippen LogP contribution is 2.18. The Balaban J connectivity index is 1.58. The summed E-state index contributed by atoms with van der Waals surface area (Å²) >= 11 is 0. The minimum absolute atomic E-state index is 0.283. The molecule has 1 N–H and O–H groups in total. The molecule has 1 fully saturated rings. The Labute approximate surface area is 95.8 Å². The average molecular weight is 223 g/mol. The van der Waals surface area contributed by atoms with Crippen molar-refractivity contribution >= 4 is 0 Å². The van der Waals surface area contributed by atoms with Gasteiger partial charge in [0.2, 0.25) is 0 Å². The van der Waals surface area contributed by atoms with Crippen LogP contribution in [0.5, 0.6) is 5.75 Å².